The zero-order valence-corrected chi connectivity index (χ0v) is 13.1. The lowest BCUT2D eigenvalue weighted by Gasteiger charge is -2.19. The minimum atomic E-state index is -3.79. The molecule has 21 heavy (non-hydrogen) atoms. The van der Waals surface area contributed by atoms with Crippen LogP contribution in [0.2, 0.25) is 0 Å². The van der Waals surface area contributed by atoms with Crippen molar-refractivity contribution in [2.24, 2.45) is 0 Å². The minimum absolute atomic E-state index is 0.0154. The van der Waals surface area contributed by atoms with Crippen LogP contribution in [0.25, 0.3) is 0 Å². The first kappa shape index (κ1) is 16.0. The predicted octanol–water partition coefficient (Wildman–Crippen LogP) is 1.18. The van der Waals surface area contributed by atoms with Crippen molar-refractivity contribution >= 4 is 16.0 Å². The SMILES string of the molecule is COC1CCCC1NS(=O)(=O)c1c(C)[nH]c(C(=O)O)c1C. The van der Waals surface area contributed by atoms with Gasteiger partial charge in [-0.25, -0.2) is 17.9 Å². The first-order chi connectivity index (χ1) is 9.77. The Labute approximate surface area is 123 Å². The van der Waals surface area contributed by atoms with E-state index >= 15 is 0 Å². The van der Waals surface area contributed by atoms with Crippen LogP contribution in [0.4, 0.5) is 0 Å². The topological polar surface area (TPSA) is 108 Å². The number of aromatic nitrogens is 1. The summed E-state index contributed by atoms with van der Waals surface area (Å²) in [6.07, 6.45) is 2.29. The van der Waals surface area contributed by atoms with Crippen molar-refractivity contribution in [2.75, 3.05) is 7.11 Å². The average molecular weight is 316 g/mol. The van der Waals surface area contributed by atoms with Gasteiger partial charge < -0.3 is 14.8 Å². The van der Waals surface area contributed by atoms with E-state index in [0.29, 0.717) is 12.1 Å². The van der Waals surface area contributed by atoms with Gasteiger partial charge in [0.15, 0.2) is 0 Å². The summed E-state index contributed by atoms with van der Waals surface area (Å²) in [5.41, 5.74) is 0.450. The van der Waals surface area contributed by atoms with Gasteiger partial charge in [0.1, 0.15) is 10.6 Å². The van der Waals surface area contributed by atoms with E-state index in [1.165, 1.54) is 6.92 Å². The van der Waals surface area contributed by atoms with Crippen LogP contribution in [0.3, 0.4) is 0 Å². The quantitative estimate of drug-likeness (QED) is 0.756. The Kier molecular flexibility index (Phi) is 4.40. The fourth-order valence-electron chi connectivity index (χ4n) is 2.95. The number of nitrogens with one attached hydrogen (secondary N) is 2. The van der Waals surface area contributed by atoms with E-state index in [2.05, 4.69) is 9.71 Å². The van der Waals surface area contributed by atoms with E-state index in [9.17, 15) is 13.2 Å². The summed E-state index contributed by atoms with van der Waals surface area (Å²) >= 11 is 0. The number of carbonyl (C=O) groups is 1. The predicted molar refractivity (Wildman–Crippen MR) is 76.0 cm³/mol. The van der Waals surface area contributed by atoms with Crippen molar-refractivity contribution in [1.29, 1.82) is 0 Å². The number of sulfonamides is 1. The molecule has 7 nitrogen and oxygen atoms in total. The summed E-state index contributed by atoms with van der Waals surface area (Å²) in [5.74, 6) is -1.17. The van der Waals surface area contributed by atoms with Gasteiger partial charge in [0.05, 0.1) is 6.10 Å². The number of hydrogen-bond donors (Lipinski definition) is 3. The molecule has 2 atom stereocenters. The van der Waals surface area contributed by atoms with Crippen LogP contribution in [-0.2, 0) is 14.8 Å². The third-order valence-electron chi connectivity index (χ3n) is 3.91. The fourth-order valence-corrected chi connectivity index (χ4v) is 4.70. The first-order valence-electron chi connectivity index (χ1n) is 6.75. The van der Waals surface area contributed by atoms with Gasteiger partial charge in [0.25, 0.3) is 0 Å². The van der Waals surface area contributed by atoms with Crippen molar-refractivity contribution in [1.82, 2.24) is 9.71 Å². The Morgan fingerprint density at radius 3 is 2.57 bits per heavy atom. The molecule has 0 aliphatic heterocycles. The number of ether oxygens (including phenoxy) is 1. The Morgan fingerprint density at radius 2 is 2.05 bits per heavy atom. The maximum Gasteiger partial charge on any atom is 0.352 e. The van der Waals surface area contributed by atoms with E-state index in [-0.39, 0.29) is 28.3 Å². The number of carboxylic acids is 1. The molecule has 0 spiro atoms. The number of rotatable bonds is 5. The van der Waals surface area contributed by atoms with E-state index < -0.39 is 16.0 Å². The highest BCUT2D eigenvalue weighted by molar-refractivity contribution is 7.89. The molecule has 1 heterocycles. The monoisotopic (exact) mass is 316 g/mol. The Balaban J connectivity index is 2.34. The summed E-state index contributed by atoms with van der Waals surface area (Å²) < 4.78 is 33.0. The van der Waals surface area contributed by atoms with Gasteiger partial charge in [0, 0.05) is 24.4 Å². The zero-order chi connectivity index (χ0) is 15.8. The van der Waals surface area contributed by atoms with Crippen LogP contribution in [0.15, 0.2) is 4.90 Å². The third-order valence-corrected chi connectivity index (χ3v) is 5.68. The molecule has 0 aromatic carbocycles. The van der Waals surface area contributed by atoms with Crippen LogP contribution in [0.5, 0.6) is 0 Å². The summed E-state index contributed by atoms with van der Waals surface area (Å²) in [5, 5.41) is 9.07. The van der Waals surface area contributed by atoms with Crippen LogP contribution in [0.1, 0.15) is 41.0 Å². The molecule has 118 valence electrons. The molecule has 1 aliphatic rings. The van der Waals surface area contributed by atoms with E-state index in [1.54, 1.807) is 14.0 Å². The van der Waals surface area contributed by atoms with Gasteiger partial charge in [-0.2, -0.15) is 0 Å². The molecule has 1 aromatic rings. The standard InChI is InChI=1S/C13H20N2O5S/c1-7-11(13(16)17)14-8(2)12(7)21(18,19)15-9-5-4-6-10(9)20-3/h9-10,14-15H,4-6H2,1-3H3,(H,16,17). The highest BCUT2D eigenvalue weighted by Gasteiger charge is 2.34. The van der Waals surface area contributed by atoms with E-state index in [0.717, 1.165) is 12.8 Å². The highest BCUT2D eigenvalue weighted by atomic mass is 32.2. The second-order valence-corrected chi connectivity index (χ2v) is 6.97. The molecule has 1 aliphatic carbocycles. The molecule has 0 bridgehead atoms. The Bertz CT molecular complexity index is 650. The van der Waals surface area contributed by atoms with Crippen LogP contribution in [-0.4, -0.2) is 43.7 Å². The minimum Gasteiger partial charge on any atom is -0.477 e. The van der Waals surface area contributed by atoms with Crippen LogP contribution >= 0.6 is 0 Å². The summed E-state index contributed by atoms with van der Waals surface area (Å²) in [6.45, 7) is 3.04. The molecule has 3 N–H and O–H groups in total. The number of aromatic amines is 1. The molecule has 2 rings (SSSR count). The van der Waals surface area contributed by atoms with E-state index in [1.807, 2.05) is 0 Å². The molecule has 1 fully saturated rings. The highest BCUT2D eigenvalue weighted by Crippen LogP contribution is 2.27. The van der Waals surface area contributed by atoms with Crippen molar-refractivity contribution in [2.45, 2.75) is 50.2 Å². The van der Waals surface area contributed by atoms with Gasteiger partial charge in [-0.3, -0.25) is 0 Å². The lowest BCUT2D eigenvalue weighted by Crippen LogP contribution is -2.40. The van der Waals surface area contributed by atoms with E-state index in [4.69, 9.17) is 9.84 Å². The Hall–Kier alpha value is -1.38. The third kappa shape index (κ3) is 2.97. The van der Waals surface area contributed by atoms with Crippen molar-refractivity contribution in [3.8, 4) is 0 Å². The van der Waals surface area contributed by atoms with Gasteiger partial charge in [-0.15, -0.1) is 0 Å². The Morgan fingerprint density at radius 1 is 1.38 bits per heavy atom. The summed E-state index contributed by atoms with van der Waals surface area (Å²) in [6, 6.07) is -0.276. The summed E-state index contributed by atoms with van der Waals surface area (Å²) in [7, 11) is -2.22. The zero-order valence-electron chi connectivity index (χ0n) is 12.3. The number of carboxylic acid groups (broad SMARTS) is 1. The molecular formula is C13H20N2O5S. The number of methoxy groups -OCH3 is 1. The van der Waals surface area contributed by atoms with Crippen molar-refractivity contribution in [3.05, 3.63) is 17.0 Å². The van der Waals surface area contributed by atoms with Crippen molar-refractivity contribution in [3.63, 3.8) is 0 Å². The average Bonchev–Trinajstić information content (AvgIpc) is 2.93. The number of aromatic carboxylic acids is 1. The second-order valence-electron chi connectivity index (χ2n) is 5.32. The maximum atomic E-state index is 12.5. The lowest BCUT2D eigenvalue weighted by atomic mass is 10.2. The van der Waals surface area contributed by atoms with Gasteiger partial charge in [-0.1, -0.05) is 0 Å². The number of hydrogen-bond acceptors (Lipinski definition) is 4. The normalized spacial score (nSPS) is 22.6. The smallest absolute Gasteiger partial charge is 0.352 e. The fraction of sp³-hybridized carbons (Fsp3) is 0.615. The van der Waals surface area contributed by atoms with Crippen molar-refractivity contribution < 1.29 is 23.1 Å². The molecule has 1 saturated carbocycles. The molecule has 2 unspecified atom stereocenters. The first-order valence-corrected chi connectivity index (χ1v) is 8.23. The summed E-state index contributed by atoms with van der Waals surface area (Å²) in [4.78, 5) is 13.7. The second kappa shape index (κ2) is 5.78. The molecule has 8 heteroatoms. The molecule has 0 saturated heterocycles. The largest absolute Gasteiger partial charge is 0.477 e. The van der Waals surface area contributed by atoms with Gasteiger partial charge in [0.2, 0.25) is 10.0 Å². The van der Waals surface area contributed by atoms with Crippen LogP contribution in [0, 0.1) is 13.8 Å². The van der Waals surface area contributed by atoms with Gasteiger partial charge in [-0.05, 0) is 33.1 Å². The molecule has 0 amide bonds. The van der Waals surface area contributed by atoms with Gasteiger partial charge >= 0.3 is 5.97 Å². The number of H-pyrrole nitrogens is 1. The molecule has 1 aromatic heterocycles. The maximum absolute atomic E-state index is 12.5. The van der Waals surface area contributed by atoms with Crippen LogP contribution < -0.4 is 4.72 Å². The lowest BCUT2D eigenvalue weighted by molar-refractivity contribution is 0.0690. The molecular weight excluding hydrogens is 296 g/mol. The molecule has 0 radical (unpaired) electrons. The number of aryl methyl sites for hydroxylation is 1.